The number of nitrogens with zero attached hydrogens (tertiary/aromatic N) is 3. The average molecular weight is 1020 g/mol. The van der Waals surface area contributed by atoms with E-state index in [2.05, 4.69) is 26.1 Å². The first kappa shape index (κ1) is 61.2. The van der Waals surface area contributed by atoms with Gasteiger partial charge in [0.25, 0.3) is 0 Å². The lowest BCUT2D eigenvalue weighted by Gasteiger charge is -2.63. The first-order valence-electron chi connectivity index (χ1n) is 26.8. The van der Waals surface area contributed by atoms with E-state index in [0.29, 0.717) is 32.1 Å². The molecule has 4 fully saturated rings. The highest BCUT2D eigenvalue weighted by Gasteiger charge is 2.65. The average Bonchev–Trinajstić information content (AvgIpc) is 3.56. The molecule has 72 heavy (non-hydrogen) atoms. The predicted octanol–water partition coefficient (Wildman–Crippen LogP) is 5.93. The number of amides is 1. The van der Waals surface area contributed by atoms with Crippen molar-refractivity contribution in [1.82, 2.24) is 20.0 Å². The van der Waals surface area contributed by atoms with E-state index in [1.807, 2.05) is 4.90 Å². The van der Waals surface area contributed by atoms with Gasteiger partial charge in [0.15, 0.2) is 0 Å². The molecule has 0 heterocycles. The third-order valence-corrected chi connectivity index (χ3v) is 15.9. The molecular weight excluding hydrogens is 925 g/mol. The lowest BCUT2D eigenvalue weighted by molar-refractivity contribution is -0.202. The van der Waals surface area contributed by atoms with E-state index >= 15 is 0 Å². The maximum absolute atomic E-state index is 14.3. The van der Waals surface area contributed by atoms with E-state index in [9.17, 15) is 39.0 Å². The monoisotopic (exact) mass is 1020 g/mol. The van der Waals surface area contributed by atoms with Crippen molar-refractivity contribution < 1.29 is 62.7 Å². The van der Waals surface area contributed by atoms with Crippen LogP contribution in [0, 0.1) is 46.3 Å². The van der Waals surface area contributed by atoms with Crippen molar-refractivity contribution in [2.24, 2.45) is 46.3 Å². The zero-order valence-electron chi connectivity index (χ0n) is 47.2. The molecule has 11 atom stereocenters. The Morgan fingerprint density at radius 3 is 1.47 bits per heavy atom. The summed E-state index contributed by atoms with van der Waals surface area (Å²) < 4.78 is 27.4. The van der Waals surface area contributed by atoms with Gasteiger partial charge in [-0.2, -0.15) is 0 Å². The van der Waals surface area contributed by atoms with Gasteiger partial charge in [-0.15, -0.1) is 0 Å². The van der Waals surface area contributed by atoms with Gasteiger partial charge in [-0.3, -0.25) is 43.5 Å². The third-order valence-electron chi connectivity index (χ3n) is 15.9. The Bertz CT molecular complexity index is 1740. The number of carbonyl (C=O) groups is 6. The molecule has 4 aliphatic carbocycles. The van der Waals surface area contributed by atoms with Crippen LogP contribution in [-0.2, 0) is 52.5 Å². The molecule has 4 rings (SSSR count). The number of rotatable bonds is 21. The summed E-state index contributed by atoms with van der Waals surface area (Å²) in [5.74, 6) is -1.58. The van der Waals surface area contributed by atoms with Crippen LogP contribution in [0.25, 0.3) is 0 Å². The van der Waals surface area contributed by atoms with Gasteiger partial charge >= 0.3 is 29.8 Å². The van der Waals surface area contributed by atoms with E-state index in [-0.39, 0.29) is 123 Å². The van der Waals surface area contributed by atoms with E-state index in [4.69, 9.17) is 23.7 Å². The van der Waals surface area contributed by atoms with E-state index in [1.165, 1.54) is 7.11 Å². The Morgan fingerprint density at radius 1 is 0.597 bits per heavy atom. The quantitative estimate of drug-likeness (QED) is 0.0898. The number of aliphatic hydroxyl groups excluding tert-OH is 2. The predicted molar refractivity (Wildman–Crippen MR) is 273 cm³/mol. The lowest BCUT2D eigenvalue weighted by atomic mass is 9.43. The van der Waals surface area contributed by atoms with Crippen LogP contribution >= 0.6 is 0 Å². The minimum absolute atomic E-state index is 0.0587. The highest BCUT2D eigenvalue weighted by Crippen LogP contribution is 2.68. The molecule has 3 N–H and O–H groups in total. The zero-order chi connectivity index (χ0) is 54.4. The number of methoxy groups -OCH3 is 1. The topological polar surface area (TPSA) is 211 Å². The van der Waals surface area contributed by atoms with Gasteiger partial charge in [0.05, 0.1) is 52.0 Å². The number of fused-ring (bicyclic) bond motifs is 5. The van der Waals surface area contributed by atoms with E-state index in [1.54, 1.807) is 92.9 Å². The van der Waals surface area contributed by atoms with Crippen LogP contribution in [0.15, 0.2) is 0 Å². The Morgan fingerprint density at radius 2 is 1.04 bits per heavy atom. The Labute approximate surface area is 431 Å². The molecule has 0 aromatic rings. The van der Waals surface area contributed by atoms with Gasteiger partial charge in [-0.1, -0.05) is 20.8 Å². The second-order valence-electron chi connectivity index (χ2n) is 26.3. The number of aliphatic hydroxyl groups is 2. The minimum Gasteiger partial charge on any atom is -0.469 e. The summed E-state index contributed by atoms with van der Waals surface area (Å²) in [5.41, 5.74) is -3.53. The van der Waals surface area contributed by atoms with Crippen LogP contribution in [-0.4, -0.2) is 167 Å². The molecule has 1 amide bonds. The molecule has 0 bridgehead atoms. The fraction of sp³-hybridized carbons (Fsp3) is 0.891. The molecule has 17 heteroatoms. The number of carbonyl (C=O) groups excluding carboxylic acids is 6. The normalized spacial score (nSPS) is 29.1. The summed E-state index contributed by atoms with van der Waals surface area (Å²) in [6.07, 6.45) is 5.39. The molecule has 4 aliphatic rings. The summed E-state index contributed by atoms with van der Waals surface area (Å²) in [6, 6.07) is -0.154. The maximum atomic E-state index is 14.3. The van der Waals surface area contributed by atoms with E-state index in [0.717, 1.165) is 25.7 Å². The summed E-state index contributed by atoms with van der Waals surface area (Å²) in [5, 5.41) is 27.6. The molecule has 0 aliphatic heterocycles. The summed E-state index contributed by atoms with van der Waals surface area (Å²) in [4.78, 5) is 84.1. The van der Waals surface area contributed by atoms with Gasteiger partial charge in [-0.05, 0) is 181 Å². The fourth-order valence-corrected chi connectivity index (χ4v) is 12.9. The smallest absolute Gasteiger partial charge is 0.320 e. The van der Waals surface area contributed by atoms with Crippen molar-refractivity contribution in [3.8, 4) is 0 Å². The molecule has 0 saturated heterocycles. The molecule has 4 saturated carbocycles. The number of nitrogens with one attached hydrogen (secondary N) is 1. The van der Waals surface area contributed by atoms with Gasteiger partial charge in [-0.25, -0.2) is 0 Å². The van der Waals surface area contributed by atoms with Crippen LogP contribution in [0.2, 0.25) is 0 Å². The SMILES string of the molecule is COC(=O)CC[C@@H](C)[C@H]1CC[C@H]2[C@@H]3[C@H](O)C[C@@H]4C[C@@H](NC(=O)CN(CCN(CC(=O)OC(C)(C)C)CC(=O)OC(C)(C)C)CCN(CC(=O)OC(C)(C)C)CC(=O)OC(C)(C)C)CC[C@]4(C)[C@H]3C[C@H](O)[C@]12C. The summed E-state index contributed by atoms with van der Waals surface area (Å²) in [7, 11) is 1.41. The Balaban J connectivity index is 1.53. The molecule has 0 radical (unpaired) electrons. The number of esters is 5. The maximum Gasteiger partial charge on any atom is 0.320 e. The first-order chi connectivity index (χ1) is 33.0. The molecule has 0 aromatic heterocycles. The van der Waals surface area contributed by atoms with Crippen LogP contribution in [0.3, 0.4) is 0 Å². The Hall–Kier alpha value is -3.38. The van der Waals surface area contributed by atoms with E-state index < -0.39 is 58.5 Å². The molecular formula is C55H96N4O13. The van der Waals surface area contributed by atoms with Gasteiger partial charge < -0.3 is 39.2 Å². The highest BCUT2D eigenvalue weighted by atomic mass is 16.6. The molecule has 0 unspecified atom stereocenters. The lowest BCUT2D eigenvalue weighted by Crippen LogP contribution is -2.63. The second-order valence-corrected chi connectivity index (χ2v) is 26.3. The largest absolute Gasteiger partial charge is 0.469 e. The van der Waals surface area contributed by atoms with Crippen LogP contribution in [0.4, 0.5) is 0 Å². The second kappa shape index (κ2) is 24.5. The molecule has 0 spiro atoms. The van der Waals surface area contributed by atoms with Crippen molar-refractivity contribution in [1.29, 1.82) is 0 Å². The van der Waals surface area contributed by atoms with Crippen molar-refractivity contribution in [3.05, 3.63) is 0 Å². The molecule has 17 nitrogen and oxygen atoms in total. The summed E-state index contributed by atoms with van der Waals surface area (Å²) in [6.45, 7) is 27.9. The number of hydrogen-bond donors (Lipinski definition) is 3. The first-order valence-corrected chi connectivity index (χ1v) is 26.8. The molecule has 0 aromatic carbocycles. The Kier molecular flexibility index (Phi) is 20.8. The van der Waals surface area contributed by atoms with Gasteiger partial charge in [0.1, 0.15) is 22.4 Å². The highest BCUT2D eigenvalue weighted by molar-refractivity contribution is 5.78. The fourth-order valence-electron chi connectivity index (χ4n) is 12.9. The standard InChI is InChI=1S/C55H96N4O13/c1-35(17-20-44(63)68-16)38-18-19-39-49-40(29-42(61)55(38,39)15)54(14)22-21-37(27-36(54)28-41(49)60)56-43(62)30-57(23-25-58(31-45(64)69-50(2,3)4)32-46(65)70-51(5,6)7)24-26-59(33-47(66)71-52(8,9)10)34-48(67)72-53(11,12)13/h35-42,49,60-61H,17-34H2,1-16H3,(H,56,62)/t35-,36+,37+,38-,39+,40+,41-,42+,49+,54+,55-/m1/s1. The summed E-state index contributed by atoms with van der Waals surface area (Å²) >= 11 is 0. The van der Waals surface area contributed by atoms with Crippen molar-refractivity contribution in [2.75, 3.05) is 66.0 Å². The number of hydrogen-bond acceptors (Lipinski definition) is 16. The minimum atomic E-state index is -0.759. The van der Waals surface area contributed by atoms with Gasteiger partial charge in [0.2, 0.25) is 5.91 Å². The van der Waals surface area contributed by atoms with Crippen molar-refractivity contribution >= 4 is 35.8 Å². The molecule has 414 valence electrons. The van der Waals surface area contributed by atoms with Crippen LogP contribution in [0.5, 0.6) is 0 Å². The van der Waals surface area contributed by atoms with Crippen LogP contribution in [0.1, 0.15) is 162 Å². The van der Waals surface area contributed by atoms with Crippen molar-refractivity contribution in [3.63, 3.8) is 0 Å². The van der Waals surface area contributed by atoms with Gasteiger partial charge in [0, 0.05) is 38.6 Å². The zero-order valence-corrected chi connectivity index (χ0v) is 47.2. The van der Waals surface area contributed by atoms with Crippen LogP contribution < -0.4 is 5.32 Å². The number of ether oxygens (including phenoxy) is 5. The van der Waals surface area contributed by atoms with Crippen molar-refractivity contribution in [2.45, 2.75) is 202 Å². The third kappa shape index (κ3) is 17.9.